The molecule has 3 unspecified atom stereocenters. The van der Waals surface area contributed by atoms with Gasteiger partial charge in [-0.15, -0.1) is 24.8 Å². The molecule has 1 aliphatic carbocycles. The van der Waals surface area contributed by atoms with Crippen molar-refractivity contribution < 1.29 is 4.79 Å². The minimum atomic E-state index is 0. The maximum Gasteiger partial charge on any atom is 0.225 e. The first kappa shape index (κ1) is 23.7. The number of aromatic nitrogens is 2. The molecule has 1 aliphatic heterocycles. The highest BCUT2D eigenvalue weighted by atomic mass is 35.5. The van der Waals surface area contributed by atoms with Crippen LogP contribution >= 0.6 is 24.8 Å². The smallest absolute Gasteiger partial charge is 0.225 e. The third-order valence-electron chi connectivity index (χ3n) is 6.22. The molecule has 3 atom stereocenters. The van der Waals surface area contributed by atoms with Crippen LogP contribution in [0.5, 0.6) is 0 Å². The summed E-state index contributed by atoms with van der Waals surface area (Å²) in [4.78, 5) is 12.7. The lowest BCUT2D eigenvalue weighted by atomic mass is 9.85. The van der Waals surface area contributed by atoms with Crippen molar-refractivity contribution in [3.8, 4) is 0 Å². The molecule has 2 heterocycles. The maximum atomic E-state index is 12.7. The second-order valence-corrected chi connectivity index (χ2v) is 8.10. The summed E-state index contributed by atoms with van der Waals surface area (Å²) >= 11 is 0. The third-order valence-corrected chi connectivity index (χ3v) is 6.22. The molecule has 1 saturated heterocycles. The highest BCUT2D eigenvalue weighted by Crippen LogP contribution is 2.34. The second kappa shape index (κ2) is 11.0. The first-order valence-corrected chi connectivity index (χ1v) is 10.3. The second-order valence-electron chi connectivity index (χ2n) is 8.10. The summed E-state index contributed by atoms with van der Waals surface area (Å²) in [6.45, 7) is 4.34. The predicted octanol–water partition coefficient (Wildman–Crippen LogP) is 4.62. The number of carbonyl (C=O) groups is 1. The van der Waals surface area contributed by atoms with Gasteiger partial charge in [-0.1, -0.05) is 31.2 Å². The van der Waals surface area contributed by atoms with Crippen molar-refractivity contribution >= 4 is 36.5 Å². The number of fused-ring (bicyclic) bond motifs is 1. The molecule has 0 saturated carbocycles. The zero-order valence-corrected chi connectivity index (χ0v) is 18.6. The van der Waals surface area contributed by atoms with Crippen molar-refractivity contribution in [2.75, 3.05) is 18.4 Å². The molecule has 2 aliphatic rings. The lowest BCUT2D eigenvalue weighted by molar-refractivity contribution is -0.117. The van der Waals surface area contributed by atoms with Gasteiger partial charge in [-0.25, -0.2) is 4.68 Å². The third kappa shape index (κ3) is 5.53. The molecule has 160 valence electrons. The molecule has 1 amide bonds. The highest BCUT2D eigenvalue weighted by Gasteiger charge is 2.25. The van der Waals surface area contributed by atoms with E-state index in [2.05, 4.69) is 46.9 Å². The molecular weight excluding hydrogens is 407 g/mol. The van der Waals surface area contributed by atoms with Crippen molar-refractivity contribution in [3.63, 3.8) is 0 Å². The van der Waals surface area contributed by atoms with Crippen LogP contribution in [0.4, 0.5) is 5.82 Å². The lowest BCUT2D eigenvalue weighted by Gasteiger charge is -2.28. The Morgan fingerprint density at radius 3 is 2.86 bits per heavy atom. The number of nitrogens with one attached hydrogen (secondary N) is 2. The van der Waals surface area contributed by atoms with Gasteiger partial charge in [0, 0.05) is 12.5 Å². The predicted molar refractivity (Wildman–Crippen MR) is 122 cm³/mol. The van der Waals surface area contributed by atoms with Crippen molar-refractivity contribution in [2.45, 2.75) is 51.5 Å². The SMILES string of the molecule is CC(CC(=O)Nc1ccnn1C1CCCc2ccccc21)C1CCCNC1.Cl.Cl. The quantitative estimate of drug-likeness (QED) is 0.715. The number of nitrogens with zero attached hydrogens (tertiary/aromatic N) is 2. The Hall–Kier alpha value is -1.56. The lowest BCUT2D eigenvalue weighted by Crippen LogP contribution is -2.34. The summed E-state index contributed by atoms with van der Waals surface area (Å²) in [5.74, 6) is 1.90. The summed E-state index contributed by atoms with van der Waals surface area (Å²) < 4.78 is 2.00. The molecule has 0 spiro atoms. The van der Waals surface area contributed by atoms with E-state index in [9.17, 15) is 4.79 Å². The largest absolute Gasteiger partial charge is 0.316 e. The number of aryl methyl sites for hydroxylation is 1. The zero-order chi connectivity index (χ0) is 18.6. The van der Waals surface area contributed by atoms with E-state index in [0.717, 1.165) is 38.2 Å². The fourth-order valence-corrected chi connectivity index (χ4v) is 4.66. The van der Waals surface area contributed by atoms with Crippen molar-refractivity contribution in [1.29, 1.82) is 0 Å². The molecule has 1 aromatic carbocycles. The Kier molecular flexibility index (Phi) is 9.00. The minimum absolute atomic E-state index is 0. The number of halogens is 2. The number of rotatable bonds is 5. The number of carbonyl (C=O) groups excluding carboxylic acids is 1. The van der Waals surface area contributed by atoms with Crippen LogP contribution < -0.4 is 10.6 Å². The topological polar surface area (TPSA) is 59.0 Å². The van der Waals surface area contributed by atoms with Crippen LogP contribution in [0.2, 0.25) is 0 Å². The van der Waals surface area contributed by atoms with E-state index < -0.39 is 0 Å². The van der Waals surface area contributed by atoms with Gasteiger partial charge in [-0.3, -0.25) is 4.79 Å². The van der Waals surface area contributed by atoms with E-state index >= 15 is 0 Å². The van der Waals surface area contributed by atoms with Gasteiger partial charge in [0.1, 0.15) is 5.82 Å². The Morgan fingerprint density at radius 2 is 2.07 bits per heavy atom. The fraction of sp³-hybridized carbons (Fsp3) is 0.545. The van der Waals surface area contributed by atoms with E-state index in [1.807, 2.05) is 10.7 Å². The van der Waals surface area contributed by atoms with E-state index in [1.165, 1.54) is 24.0 Å². The summed E-state index contributed by atoms with van der Waals surface area (Å²) in [6, 6.07) is 10.7. The van der Waals surface area contributed by atoms with E-state index in [0.29, 0.717) is 18.3 Å². The summed E-state index contributed by atoms with van der Waals surface area (Å²) in [7, 11) is 0. The fourth-order valence-electron chi connectivity index (χ4n) is 4.66. The average Bonchev–Trinajstić information content (AvgIpc) is 3.15. The molecule has 1 aromatic heterocycles. The molecule has 2 N–H and O–H groups in total. The molecule has 1 fully saturated rings. The van der Waals surface area contributed by atoms with Crippen LogP contribution in [0.1, 0.15) is 56.2 Å². The molecule has 29 heavy (non-hydrogen) atoms. The Labute approximate surface area is 185 Å². The van der Waals surface area contributed by atoms with E-state index in [1.54, 1.807) is 6.20 Å². The number of amides is 1. The van der Waals surface area contributed by atoms with Gasteiger partial charge in [0.05, 0.1) is 12.2 Å². The molecule has 0 radical (unpaired) electrons. The first-order valence-electron chi connectivity index (χ1n) is 10.3. The highest BCUT2D eigenvalue weighted by molar-refractivity contribution is 5.90. The Balaban J connectivity index is 0.00000150. The summed E-state index contributed by atoms with van der Waals surface area (Å²) in [6.07, 6.45) is 8.14. The number of hydrogen-bond acceptors (Lipinski definition) is 3. The van der Waals surface area contributed by atoms with Crippen LogP contribution in [0, 0.1) is 11.8 Å². The maximum absolute atomic E-state index is 12.7. The van der Waals surface area contributed by atoms with E-state index in [-0.39, 0.29) is 36.8 Å². The van der Waals surface area contributed by atoms with E-state index in [4.69, 9.17) is 0 Å². The normalized spacial score (nSPS) is 21.8. The Morgan fingerprint density at radius 1 is 1.24 bits per heavy atom. The molecule has 0 bridgehead atoms. The molecule has 7 heteroatoms. The van der Waals surface area contributed by atoms with Gasteiger partial charge in [0.15, 0.2) is 0 Å². The van der Waals surface area contributed by atoms with Crippen LogP contribution in [-0.2, 0) is 11.2 Å². The van der Waals surface area contributed by atoms with Crippen LogP contribution in [0.3, 0.4) is 0 Å². The van der Waals surface area contributed by atoms with Crippen LogP contribution in [0.25, 0.3) is 0 Å². The number of benzene rings is 1. The number of piperidine rings is 1. The summed E-state index contributed by atoms with van der Waals surface area (Å²) in [5.41, 5.74) is 2.74. The van der Waals surface area contributed by atoms with Crippen molar-refractivity contribution in [3.05, 3.63) is 47.7 Å². The number of anilines is 1. The molecule has 2 aromatic rings. The summed E-state index contributed by atoms with van der Waals surface area (Å²) in [5, 5.41) is 11.1. The first-order chi connectivity index (χ1) is 13.2. The molecular formula is C22H32Cl2N4O. The average molecular weight is 439 g/mol. The standard InChI is InChI=1S/C22H30N4O.2ClH/c1-16(18-8-5-12-23-15-18)14-22(27)25-21-11-13-24-26(21)20-10-4-7-17-6-2-3-9-19(17)20;;/h2-3,6,9,11,13,16,18,20,23H,4-5,7-8,10,12,14-15H2,1H3,(H,25,27);2*1H. The Bertz CT molecular complexity index is 789. The van der Waals surface area contributed by atoms with Crippen LogP contribution in [0.15, 0.2) is 36.5 Å². The van der Waals surface area contributed by atoms with Crippen molar-refractivity contribution in [1.82, 2.24) is 15.1 Å². The van der Waals surface area contributed by atoms with Gasteiger partial charge in [0.2, 0.25) is 5.91 Å². The van der Waals surface area contributed by atoms with Gasteiger partial charge in [-0.2, -0.15) is 5.10 Å². The van der Waals surface area contributed by atoms with Gasteiger partial charge in [0.25, 0.3) is 0 Å². The van der Waals surface area contributed by atoms with Gasteiger partial charge in [-0.05, 0) is 68.2 Å². The molecule has 4 rings (SSSR count). The van der Waals surface area contributed by atoms with Gasteiger partial charge >= 0.3 is 0 Å². The van der Waals surface area contributed by atoms with Gasteiger partial charge < -0.3 is 10.6 Å². The molecule has 5 nitrogen and oxygen atoms in total. The number of hydrogen-bond donors (Lipinski definition) is 2. The monoisotopic (exact) mass is 438 g/mol. The zero-order valence-electron chi connectivity index (χ0n) is 17.0. The minimum Gasteiger partial charge on any atom is -0.316 e. The van der Waals surface area contributed by atoms with Crippen LogP contribution in [-0.4, -0.2) is 28.8 Å². The van der Waals surface area contributed by atoms with Crippen molar-refractivity contribution in [2.24, 2.45) is 11.8 Å².